The molecule has 1 aromatic rings. The number of likely N-dealkylation sites (tertiary alicyclic amines) is 1. The zero-order chi connectivity index (χ0) is 17.4. The fourth-order valence-corrected chi connectivity index (χ4v) is 4.73. The van der Waals surface area contributed by atoms with Crippen LogP contribution in [0, 0.1) is 11.3 Å². The first-order chi connectivity index (χ1) is 12.1. The molecule has 4 rings (SSSR count). The summed E-state index contributed by atoms with van der Waals surface area (Å²) in [5.41, 5.74) is 9.01. The summed E-state index contributed by atoms with van der Waals surface area (Å²) < 4.78 is 5.52. The van der Waals surface area contributed by atoms with Crippen LogP contribution >= 0.6 is 0 Å². The van der Waals surface area contributed by atoms with E-state index in [4.69, 9.17) is 10.5 Å². The van der Waals surface area contributed by atoms with Crippen molar-refractivity contribution < 1.29 is 14.3 Å². The van der Waals surface area contributed by atoms with Crippen LogP contribution in [-0.2, 0) is 33.6 Å². The quantitative estimate of drug-likeness (QED) is 0.904. The number of nitrogens with zero attached hydrogens (tertiary/aromatic N) is 1. The van der Waals surface area contributed by atoms with Crippen LogP contribution in [0.15, 0.2) is 18.2 Å². The third-order valence-electron chi connectivity index (χ3n) is 6.32. The van der Waals surface area contributed by atoms with Gasteiger partial charge in [-0.15, -0.1) is 0 Å². The number of primary amides is 1. The highest BCUT2D eigenvalue weighted by Crippen LogP contribution is 2.42. The van der Waals surface area contributed by atoms with E-state index >= 15 is 0 Å². The van der Waals surface area contributed by atoms with E-state index in [1.165, 1.54) is 24.0 Å². The van der Waals surface area contributed by atoms with Gasteiger partial charge in [0.25, 0.3) is 0 Å². The minimum Gasteiger partial charge on any atom is -0.381 e. The summed E-state index contributed by atoms with van der Waals surface area (Å²) in [6.45, 7) is 2.09. The predicted octanol–water partition coefficient (Wildman–Crippen LogP) is 1.46. The van der Waals surface area contributed by atoms with Crippen molar-refractivity contribution in [1.29, 1.82) is 0 Å². The van der Waals surface area contributed by atoms with Gasteiger partial charge in [0, 0.05) is 25.6 Å². The second-order valence-electron chi connectivity index (χ2n) is 7.80. The Kier molecular flexibility index (Phi) is 4.28. The molecule has 0 unspecified atom stereocenters. The highest BCUT2D eigenvalue weighted by molar-refractivity contribution is 5.85. The number of benzene rings is 1. The van der Waals surface area contributed by atoms with Crippen molar-refractivity contribution in [3.63, 3.8) is 0 Å². The molecular formula is C20H26N2O3. The second-order valence-corrected chi connectivity index (χ2v) is 7.80. The smallest absolute Gasteiger partial charge is 0.227 e. The predicted molar refractivity (Wildman–Crippen MR) is 93.9 cm³/mol. The van der Waals surface area contributed by atoms with Crippen LogP contribution in [-0.4, -0.2) is 43.0 Å². The molecule has 0 bridgehead atoms. The number of aryl methyl sites for hydroxylation is 2. The first-order valence-corrected chi connectivity index (χ1v) is 9.34. The lowest BCUT2D eigenvalue weighted by molar-refractivity contribution is -0.136. The number of nitrogens with two attached hydrogens (primary N) is 1. The molecule has 5 nitrogen and oxygen atoms in total. The zero-order valence-corrected chi connectivity index (χ0v) is 14.6. The SMILES string of the molecule is NC(=O)[C@]12CCOC[C@H]1CN(C(=O)Cc1ccc3c(c1)CCCC3)C2. The average molecular weight is 342 g/mol. The lowest BCUT2D eigenvalue weighted by Gasteiger charge is -2.34. The average Bonchev–Trinajstić information content (AvgIpc) is 3.03. The Morgan fingerprint density at radius 2 is 2.04 bits per heavy atom. The van der Waals surface area contributed by atoms with Crippen LogP contribution < -0.4 is 5.73 Å². The maximum absolute atomic E-state index is 12.8. The molecule has 2 aliphatic heterocycles. The summed E-state index contributed by atoms with van der Waals surface area (Å²) in [4.78, 5) is 26.7. The molecule has 1 aliphatic carbocycles. The van der Waals surface area contributed by atoms with E-state index in [0.717, 1.165) is 18.4 Å². The number of ether oxygens (including phenoxy) is 1. The Balaban J connectivity index is 1.48. The number of hydrogen-bond donors (Lipinski definition) is 1. The summed E-state index contributed by atoms with van der Waals surface area (Å²) in [6.07, 6.45) is 5.78. The van der Waals surface area contributed by atoms with Crippen LogP contribution in [0.25, 0.3) is 0 Å². The second kappa shape index (κ2) is 6.45. The monoisotopic (exact) mass is 342 g/mol. The minimum absolute atomic E-state index is 0.0335. The molecular weight excluding hydrogens is 316 g/mol. The minimum atomic E-state index is -0.593. The van der Waals surface area contributed by atoms with Crippen molar-refractivity contribution in [2.45, 2.75) is 38.5 Å². The Hall–Kier alpha value is -1.88. The summed E-state index contributed by atoms with van der Waals surface area (Å²) in [5, 5.41) is 0. The number of hydrogen-bond acceptors (Lipinski definition) is 3. The number of carbonyl (C=O) groups is 2. The largest absolute Gasteiger partial charge is 0.381 e. The highest BCUT2D eigenvalue weighted by Gasteiger charge is 2.53. The van der Waals surface area contributed by atoms with Gasteiger partial charge in [-0.25, -0.2) is 0 Å². The van der Waals surface area contributed by atoms with Gasteiger partial charge in [-0.2, -0.15) is 0 Å². The van der Waals surface area contributed by atoms with Gasteiger partial charge in [-0.05, 0) is 48.8 Å². The van der Waals surface area contributed by atoms with Crippen molar-refractivity contribution in [1.82, 2.24) is 4.90 Å². The van der Waals surface area contributed by atoms with Gasteiger partial charge in [-0.3, -0.25) is 9.59 Å². The molecule has 0 aromatic heterocycles. The topological polar surface area (TPSA) is 72.6 Å². The molecule has 0 saturated carbocycles. The van der Waals surface area contributed by atoms with Gasteiger partial charge < -0.3 is 15.4 Å². The van der Waals surface area contributed by atoms with Crippen LogP contribution in [0.5, 0.6) is 0 Å². The Bertz CT molecular complexity index is 702. The lowest BCUT2D eigenvalue weighted by atomic mass is 9.74. The third-order valence-corrected chi connectivity index (χ3v) is 6.32. The molecule has 5 heteroatoms. The molecule has 2 saturated heterocycles. The standard InChI is InChI=1S/C20H26N2O3/c21-19(24)20-7-8-25-12-17(20)11-22(13-20)18(23)10-14-5-6-15-3-1-2-4-16(15)9-14/h5-6,9,17H,1-4,7-8,10-13H2,(H2,21,24)/t17-,20+/m1/s1. The van der Waals surface area contributed by atoms with Crippen LogP contribution in [0.2, 0.25) is 0 Å². The van der Waals surface area contributed by atoms with Crippen LogP contribution in [0.4, 0.5) is 0 Å². The van der Waals surface area contributed by atoms with Crippen LogP contribution in [0.3, 0.4) is 0 Å². The summed E-state index contributed by atoms with van der Waals surface area (Å²) in [5.74, 6) is -0.165. The molecule has 2 fully saturated rings. The summed E-state index contributed by atoms with van der Waals surface area (Å²) in [7, 11) is 0. The van der Waals surface area contributed by atoms with E-state index in [2.05, 4.69) is 18.2 Å². The van der Waals surface area contributed by atoms with Gasteiger partial charge in [0.15, 0.2) is 0 Å². The summed E-state index contributed by atoms with van der Waals surface area (Å²) in [6, 6.07) is 6.46. The van der Waals surface area contributed by atoms with Gasteiger partial charge in [0.1, 0.15) is 0 Å². The maximum Gasteiger partial charge on any atom is 0.227 e. The molecule has 2 heterocycles. The molecule has 134 valence electrons. The fraction of sp³-hybridized carbons (Fsp3) is 0.600. The number of carbonyl (C=O) groups excluding carboxylic acids is 2. The highest BCUT2D eigenvalue weighted by atomic mass is 16.5. The number of rotatable bonds is 3. The lowest BCUT2D eigenvalue weighted by Crippen LogP contribution is -2.48. The first kappa shape index (κ1) is 16.6. The van der Waals surface area contributed by atoms with E-state index in [1.54, 1.807) is 0 Å². The third kappa shape index (κ3) is 2.95. The molecule has 1 aromatic carbocycles. The first-order valence-electron chi connectivity index (χ1n) is 9.34. The van der Waals surface area contributed by atoms with Crippen molar-refractivity contribution >= 4 is 11.8 Å². The van der Waals surface area contributed by atoms with Crippen molar-refractivity contribution in [3.8, 4) is 0 Å². The van der Waals surface area contributed by atoms with Crippen LogP contribution in [0.1, 0.15) is 36.0 Å². The van der Waals surface area contributed by atoms with E-state index in [1.807, 2.05) is 4.90 Å². The van der Waals surface area contributed by atoms with E-state index in [-0.39, 0.29) is 17.7 Å². The molecule has 0 radical (unpaired) electrons. The molecule has 3 aliphatic rings. The molecule has 0 spiro atoms. The number of fused-ring (bicyclic) bond motifs is 2. The van der Waals surface area contributed by atoms with E-state index < -0.39 is 5.41 Å². The van der Waals surface area contributed by atoms with Gasteiger partial charge in [0.05, 0.1) is 18.4 Å². The maximum atomic E-state index is 12.8. The molecule has 2 amide bonds. The van der Waals surface area contributed by atoms with Gasteiger partial charge >= 0.3 is 0 Å². The Morgan fingerprint density at radius 1 is 1.24 bits per heavy atom. The van der Waals surface area contributed by atoms with Crippen molar-refractivity contribution in [2.75, 3.05) is 26.3 Å². The zero-order valence-electron chi connectivity index (χ0n) is 14.6. The van der Waals surface area contributed by atoms with E-state index in [9.17, 15) is 9.59 Å². The Labute approximate surface area is 148 Å². The Morgan fingerprint density at radius 3 is 2.80 bits per heavy atom. The molecule has 25 heavy (non-hydrogen) atoms. The van der Waals surface area contributed by atoms with Gasteiger partial charge in [0.2, 0.25) is 11.8 Å². The van der Waals surface area contributed by atoms with E-state index in [0.29, 0.717) is 39.1 Å². The molecule has 2 N–H and O–H groups in total. The van der Waals surface area contributed by atoms with Crippen molar-refractivity contribution in [2.24, 2.45) is 17.1 Å². The molecule has 2 atom stereocenters. The number of amides is 2. The summed E-state index contributed by atoms with van der Waals surface area (Å²) >= 11 is 0. The normalized spacial score (nSPS) is 28.3. The fourth-order valence-electron chi connectivity index (χ4n) is 4.73. The van der Waals surface area contributed by atoms with Crippen molar-refractivity contribution in [3.05, 3.63) is 34.9 Å². The van der Waals surface area contributed by atoms with Gasteiger partial charge in [-0.1, -0.05) is 18.2 Å².